The van der Waals surface area contributed by atoms with Crippen LogP contribution >= 0.6 is 0 Å². The van der Waals surface area contributed by atoms with Crippen molar-refractivity contribution >= 4 is 22.3 Å². The molecule has 0 aliphatic rings. The Hall–Kier alpha value is -1.82. The summed E-state index contributed by atoms with van der Waals surface area (Å²) in [6.07, 6.45) is -0.356. The standard InChI is InChI=1S/C10H16F3N3O5S/c1-9(2,3)21-16(6-17)7(4-8(14)18)5-15-22(19,20)10(11,12)13/h5-6,15H,4H2,1-3H3,(H2,14,18). The highest BCUT2D eigenvalue weighted by atomic mass is 32.2. The van der Waals surface area contributed by atoms with Crippen molar-refractivity contribution in [1.82, 2.24) is 9.79 Å². The molecule has 128 valence electrons. The smallest absolute Gasteiger partial charge is 0.369 e. The summed E-state index contributed by atoms with van der Waals surface area (Å²) in [4.78, 5) is 26.9. The first kappa shape index (κ1) is 20.2. The molecule has 0 radical (unpaired) electrons. The molecule has 0 aliphatic heterocycles. The van der Waals surface area contributed by atoms with Crippen LogP contribution in [0.4, 0.5) is 13.2 Å². The van der Waals surface area contributed by atoms with Gasteiger partial charge in [0.15, 0.2) is 0 Å². The Balaban J connectivity index is 5.49. The number of alkyl halides is 3. The lowest BCUT2D eigenvalue weighted by atomic mass is 10.2. The summed E-state index contributed by atoms with van der Waals surface area (Å²) in [7, 11) is -5.69. The number of sulfonamides is 1. The van der Waals surface area contributed by atoms with Crippen LogP contribution in [0.5, 0.6) is 0 Å². The van der Waals surface area contributed by atoms with Crippen molar-refractivity contribution in [2.45, 2.75) is 38.3 Å². The van der Waals surface area contributed by atoms with Gasteiger partial charge in [0.2, 0.25) is 12.3 Å². The molecule has 0 aromatic carbocycles. The van der Waals surface area contributed by atoms with E-state index >= 15 is 0 Å². The van der Waals surface area contributed by atoms with Crippen molar-refractivity contribution in [1.29, 1.82) is 0 Å². The maximum Gasteiger partial charge on any atom is 0.516 e. The van der Waals surface area contributed by atoms with E-state index in [9.17, 15) is 31.2 Å². The average Bonchev–Trinajstić information content (AvgIpc) is 2.28. The van der Waals surface area contributed by atoms with Crippen molar-refractivity contribution < 1.29 is 36.0 Å². The molecule has 0 unspecified atom stereocenters. The zero-order valence-corrected chi connectivity index (χ0v) is 12.8. The Morgan fingerprint density at radius 2 is 1.82 bits per heavy atom. The minimum Gasteiger partial charge on any atom is -0.369 e. The van der Waals surface area contributed by atoms with Gasteiger partial charge in [0.1, 0.15) is 0 Å². The number of carbonyl (C=O) groups is 2. The van der Waals surface area contributed by atoms with E-state index in [1.165, 1.54) is 20.8 Å². The Labute approximate surface area is 125 Å². The van der Waals surface area contributed by atoms with Gasteiger partial charge in [-0.2, -0.15) is 26.7 Å². The van der Waals surface area contributed by atoms with Crippen molar-refractivity contribution in [2.24, 2.45) is 5.73 Å². The number of hydrogen-bond acceptors (Lipinski definition) is 5. The highest BCUT2D eigenvalue weighted by molar-refractivity contribution is 7.90. The summed E-state index contributed by atoms with van der Waals surface area (Å²) in [6.45, 7) is 4.56. The molecule has 0 aromatic heterocycles. The van der Waals surface area contributed by atoms with Crippen molar-refractivity contribution in [3.8, 4) is 0 Å². The number of halogens is 3. The van der Waals surface area contributed by atoms with Crippen LogP contribution in [0, 0.1) is 0 Å². The van der Waals surface area contributed by atoms with Crippen LogP contribution in [0.15, 0.2) is 11.9 Å². The fraction of sp³-hybridized carbons (Fsp3) is 0.600. The summed E-state index contributed by atoms with van der Waals surface area (Å²) in [5, 5.41) is 0.420. The Kier molecular flexibility index (Phi) is 6.38. The van der Waals surface area contributed by atoms with Crippen LogP contribution < -0.4 is 10.5 Å². The summed E-state index contributed by atoms with van der Waals surface area (Å²) >= 11 is 0. The van der Waals surface area contributed by atoms with Crippen molar-refractivity contribution in [3.63, 3.8) is 0 Å². The third-order valence-corrected chi connectivity index (χ3v) is 2.83. The fourth-order valence-electron chi connectivity index (χ4n) is 1.03. The van der Waals surface area contributed by atoms with Gasteiger partial charge in [0.05, 0.1) is 17.7 Å². The molecule has 2 amide bonds. The summed E-state index contributed by atoms with van der Waals surface area (Å²) in [5.74, 6) is -1.01. The zero-order valence-electron chi connectivity index (χ0n) is 12.0. The molecule has 22 heavy (non-hydrogen) atoms. The van der Waals surface area contributed by atoms with Gasteiger partial charge in [-0.3, -0.25) is 19.1 Å². The molecule has 0 spiro atoms. The monoisotopic (exact) mass is 347 g/mol. The van der Waals surface area contributed by atoms with E-state index in [0.29, 0.717) is 11.3 Å². The molecule has 0 rings (SSSR count). The van der Waals surface area contributed by atoms with Crippen LogP contribution in [-0.2, 0) is 24.4 Å². The zero-order chi connectivity index (χ0) is 17.8. The highest BCUT2D eigenvalue weighted by Gasteiger charge is 2.45. The SMILES string of the molecule is CC(C)(C)ON(C=O)C(=CNS(=O)(=O)C(F)(F)F)CC(N)=O. The average molecular weight is 347 g/mol. The first-order valence-electron chi connectivity index (χ1n) is 5.69. The molecule has 8 nitrogen and oxygen atoms in total. The van der Waals surface area contributed by atoms with Gasteiger partial charge in [0.25, 0.3) is 0 Å². The number of hydrogen-bond donors (Lipinski definition) is 2. The van der Waals surface area contributed by atoms with E-state index < -0.39 is 39.2 Å². The van der Waals surface area contributed by atoms with E-state index in [-0.39, 0.29) is 6.41 Å². The number of amides is 2. The highest BCUT2D eigenvalue weighted by Crippen LogP contribution is 2.22. The van der Waals surface area contributed by atoms with Gasteiger partial charge in [-0.15, -0.1) is 0 Å². The van der Waals surface area contributed by atoms with Gasteiger partial charge >= 0.3 is 15.5 Å². The lowest BCUT2D eigenvalue weighted by molar-refractivity contribution is -0.201. The molecule has 0 atom stereocenters. The van der Waals surface area contributed by atoms with Gasteiger partial charge in [0, 0.05) is 6.20 Å². The van der Waals surface area contributed by atoms with Crippen LogP contribution in [0.2, 0.25) is 0 Å². The maximum absolute atomic E-state index is 12.2. The first-order valence-corrected chi connectivity index (χ1v) is 7.17. The van der Waals surface area contributed by atoms with Crippen LogP contribution in [-0.4, -0.2) is 36.9 Å². The molecule has 0 heterocycles. The van der Waals surface area contributed by atoms with Crippen LogP contribution in [0.25, 0.3) is 0 Å². The second-order valence-corrected chi connectivity index (χ2v) is 6.69. The number of carbonyl (C=O) groups excluding carboxylic acids is 2. The molecule has 0 bridgehead atoms. The second-order valence-electron chi connectivity index (χ2n) is 4.98. The van der Waals surface area contributed by atoms with Gasteiger partial charge in [-0.05, 0) is 20.8 Å². The normalized spacial score (nSPS) is 13.6. The lowest BCUT2D eigenvalue weighted by Gasteiger charge is -2.28. The van der Waals surface area contributed by atoms with Crippen LogP contribution in [0.3, 0.4) is 0 Å². The largest absolute Gasteiger partial charge is 0.516 e. The molecule has 0 saturated heterocycles. The van der Waals surface area contributed by atoms with Crippen molar-refractivity contribution in [2.75, 3.05) is 0 Å². The number of nitrogens with two attached hydrogens (primary N) is 1. The molecular formula is C10H16F3N3O5S. The minimum absolute atomic E-state index is 0.0575. The Morgan fingerprint density at radius 3 is 2.14 bits per heavy atom. The number of nitrogens with one attached hydrogen (secondary N) is 1. The molecule has 0 aliphatic carbocycles. The Morgan fingerprint density at radius 1 is 1.32 bits per heavy atom. The predicted octanol–water partition coefficient (Wildman–Crippen LogP) is 0.331. The number of hydroxylamine groups is 2. The molecule has 0 aromatic rings. The second kappa shape index (κ2) is 6.96. The van der Waals surface area contributed by atoms with Crippen LogP contribution in [0.1, 0.15) is 27.2 Å². The molecule has 0 saturated carbocycles. The van der Waals surface area contributed by atoms with Crippen molar-refractivity contribution in [3.05, 3.63) is 11.9 Å². The number of primary amides is 1. The minimum atomic E-state index is -5.69. The number of rotatable bonds is 7. The number of nitrogens with zero attached hydrogens (tertiary/aromatic N) is 1. The molecule has 12 heteroatoms. The summed E-state index contributed by atoms with van der Waals surface area (Å²) in [6, 6.07) is 0. The first-order chi connectivity index (χ1) is 9.69. The summed E-state index contributed by atoms with van der Waals surface area (Å²) in [5.41, 5.74) is -2.11. The van der Waals surface area contributed by atoms with Gasteiger partial charge in [-0.1, -0.05) is 0 Å². The topological polar surface area (TPSA) is 119 Å². The maximum atomic E-state index is 12.2. The third-order valence-electron chi connectivity index (χ3n) is 1.79. The molecular weight excluding hydrogens is 331 g/mol. The lowest BCUT2D eigenvalue weighted by Crippen LogP contribution is -2.37. The van der Waals surface area contributed by atoms with Gasteiger partial charge < -0.3 is 5.73 Å². The van der Waals surface area contributed by atoms with E-state index in [0.717, 1.165) is 4.72 Å². The van der Waals surface area contributed by atoms with E-state index in [4.69, 9.17) is 10.6 Å². The third kappa shape index (κ3) is 6.76. The van der Waals surface area contributed by atoms with E-state index in [2.05, 4.69) is 0 Å². The quantitative estimate of drug-likeness (QED) is 0.508. The molecule has 0 fully saturated rings. The predicted molar refractivity (Wildman–Crippen MR) is 68.7 cm³/mol. The molecule has 3 N–H and O–H groups in total. The Bertz CT molecular complexity index is 551. The van der Waals surface area contributed by atoms with E-state index in [1.54, 1.807) is 0 Å². The fourth-order valence-corrected chi connectivity index (χ4v) is 1.45. The van der Waals surface area contributed by atoms with Gasteiger partial charge in [-0.25, -0.2) is 0 Å². The summed E-state index contributed by atoms with van der Waals surface area (Å²) < 4.78 is 59.5. The van der Waals surface area contributed by atoms with E-state index in [1.807, 2.05) is 0 Å².